The number of hydrogen-bond acceptors (Lipinski definition) is 6. The summed E-state index contributed by atoms with van der Waals surface area (Å²) in [6.45, 7) is 5.21. The molecular formula is C22H26BrN3O6. The van der Waals surface area contributed by atoms with Crippen LogP contribution >= 0.6 is 15.9 Å². The van der Waals surface area contributed by atoms with Crippen molar-refractivity contribution in [3.05, 3.63) is 62.6 Å². The standard InChI is InChI=1S/C22H26BrN3O6/c1-14(2)24-22(28)15(3)25(12-16-5-7-17(23)8-6-16)21(27)13-32-18-9-10-19(26(29)30)20(11-18)31-4/h5-11,14-15H,12-13H2,1-4H3,(H,24,28)/t15-/m1/s1. The van der Waals surface area contributed by atoms with E-state index >= 15 is 0 Å². The topological polar surface area (TPSA) is 111 Å². The van der Waals surface area contributed by atoms with Gasteiger partial charge in [0.1, 0.15) is 11.8 Å². The first-order valence-corrected chi connectivity index (χ1v) is 10.7. The minimum absolute atomic E-state index is 0.0244. The van der Waals surface area contributed by atoms with Crippen molar-refractivity contribution in [1.82, 2.24) is 10.2 Å². The second-order valence-corrected chi connectivity index (χ2v) is 8.28. The van der Waals surface area contributed by atoms with E-state index in [1.54, 1.807) is 6.92 Å². The lowest BCUT2D eigenvalue weighted by atomic mass is 10.1. The largest absolute Gasteiger partial charge is 0.490 e. The van der Waals surface area contributed by atoms with Crippen LogP contribution in [0.1, 0.15) is 26.3 Å². The molecule has 0 heterocycles. The van der Waals surface area contributed by atoms with Gasteiger partial charge in [0, 0.05) is 29.2 Å². The average Bonchev–Trinajstić information content (AvgIpc) is 2.75. The van der Waals surface area contributed by atoms with E-state index in [1.807, 2.05) is 38.1 Å². The number of methoxy groups -OCH3 is 1. The van der Waals surface area contributed by atoms with E-state index in [9.17, 15) is 19.7 Å². The fourth-order valence-corrected chi connectivity index (χ4v) is 3.17. The molecule has 0 spiro atoms. The fraction of sp³-hybridized carbons (Fsp3) is 0.364. The Morgan fingerprint density at radius 3 is 2.38 bits per heavy atom. The van der Waals surface area contributed by atoms with E-state index in [2.05, 4.69) is 21.2 Å². The molecule has 0 aliphatic carbocycles. The average molecular weight is 508 g/mol. The van der Waals surface area contributed by atoms with Crippen molar-refractivity contribution < 1.29 is 24.0 Å². The Hall–Kier alpha value is -3.14. The third kappa shape index (κ3) is 6.94. The van der Waals surface area contributed by atoms with Crippen LogP contribution in [-0.4, -0.2) is 47.4 Å². The first-order chi connectivity index (χ1) is 15.1. The predicted molar refractivity (Wildman–Crippen MR) is 123 cm³/mol. The highest BCUT2D eigenvalue weighted by molar-refractivity contribution is 9.10. The lowest BCUT2D eigenvalue weighted by Crippen LogP contribution is -2.50. The Morgan fingerprint density at radius 2 is 1.81 bits per heavy atom. The molecule has 9 nitrogen and oxygen atoms in total. The predicted octanol–water partition coefficient (Wildman–Crippen LogP) is 3.69. The number of carbonyl (C=O) groups excluding carboxylic acids is 2. The van der Waals surface area contributed by atoms with E-state index in [4.69, 9.17) is 9.47 Å². The maximum Gasteiger partial charge on any atom is 0.311 e. The molecule has 1 N–H and O–H groups in total. The van der Waals surface area contributed by atoms with Gasteiger partial charge >= 0.3 is 5.69 Å². The van der Waals surface area contributed by atoms with Crippen LogP contribution in [0, 0.1) is 10.1 Å². The first kappa shape index (κ1) is 25.1. The van der Waals surface area contributed by atoms with Crippen molar-refractivity contribution in [1.29, 1.82) is 0 Å². The quantitative estimate of drug-likeness (QED) is 0.387. The minimum Gasteiger partial charge on any atom is -0.490 e. The number of ether oxygens (including phenoxy) is 2. The van der Waals surface area contributed by atoms with E-state index in [1.165, 1.54) is 30.2 Å². The van der Waals surface area contributed by atoms with E-state index in [0.29, 0.717) is 0 Å². The molecular weight excluding hydrogens is 482 g/mol. The number of amides is 2. The number of nitrogens with one attached hydrogen (secondary N) is 1. The molecule has 0 bridgehead atoms. The zero-order valence-electron chi connectivity index (χ0n) is 18.3. The number of hydrogen-bond donors (Lipinski definition) is 1. The second-order valence-electron chi connectivity index (χ2n) is 7.37. The summed E-state index contributed by atoms with van der Waals surface area (Å²) in [5.41, 5.74) is 0.643. The molecule has 0 fully saturated rings. The lowest BCUT2D eigenvalue weighted by Gasteiger charge is -2.29. The summed E-state index contributed by atoms with van der Waals surface area (Å²) in [6.07, 6.45) is 0. The Morgan fingerprint density at radius 1 is 1.16 bits per heavy atom. The molecule has 0 unspecified atom stereocenters. The Kier molecular flexibility index (Phi) is 9.01. The number of rotatable bonds is 10. The van der Waals surface area contributed by atoms with Gasteiger partial charge in [0.25, 0.3) is 5.91 Å². The van der Waals surface area contributed by atoms with Gasteiger partial charge in [-0.15, -0.1) is 0 Å². The third-order valence-electron chi connectivity index (χ3n) is 4.57. The molecule has 2 aromatic carbocycles. The maximum absolute atomic E-state index is 13.0. The van der Waals surface area contributed by atoms with Crippen LogP contribution in [0.5, 0.6) is 11.5 Å². The summed E-state index contributed by atoms with van der Waals surface area (Å²) < 4.78 is 11.5. The first-order valence-electron chi connectivity index (χ1n) is 9.92. The van der Waals surface area contributed by atoms with Gasteiger partial charge in [0.2, 0.25) is 11.7 Å². The van der Waals surface area contributed by atoms with Crippen molar-refractivity contribution in [3.8, 4) is 11.5 Å². The van der Waals surface area contributed by atoms with Crippen LogP contribution in [-0.2, 0) is 16.1 Å². The number of benzene rings is 2. The summed E-state index contributed by atoms with van der Waals surface area (Å²) in [6, 6.07) is 10.6. The van der Waals surface area contributed by atoms with Crippen molar-refractivity contribution in [2.45, 2.75) is 39.4 Å². The molecule has 0 radical (unpaired) electrons. The van der Waals surface area contributed by atoms with Crippen LogP contribution in [0.2, 0.25) is 0 Å². The summed E-state index contributed by atoms with van der Waals surface area (Å²) in [4.78, 5) is 37.5. The summed E-state index contributed by atoms with van der Waals surface area (Å²) in [5, 5.41) is 13.9. The molecule has 0 aliphatic rings. The van der Waals surface area contributed by atoms with Crippen LogP contribution < -0.4 is 14.8 Å². The van der Waals surface area contributed by atoms with E-state index in [-0.39, 0.29) is 42.3 Å². The molecule has 0 saturated carbocycles. The normalized spacial score (nSPS) is 11.6. The Labute approximate surface area is 195 Å². The molecule has 2 aromatic rings. The smallest absolute Gasteiger partial charge is 0.311 e. The highest BCUT2D eigenvalue weighted by Gasteiger charge is 2.27. The monoisotopic (exact) mass is 507 g/mol. The third-order valence-corrected chi connectivity index (χ3v) is 5.10. The zero-order chi connectivity index (χ0) is 23.8. The summed E-state index contributed by atoms with van der Waals surface area (Å²) >= 11 is 3.38. The van der Waals surface area contributed by atoms with Gasteiger partial charge in [-0.2, -0.15) is 0 Å². The molecule has 0 saturated heterocycles. The number of nitro groups is 1. The second kappa shape index (κ2) is 11.5. The molecule has 2 amide bonds. The van der Waals surface area contributed by atoms with Gasteiger partial charge in [-0.3, -0.25) is 19.7 Å². The lowest BCUT2D eigenvalue weighted by molar-refractivity contribution is -0.385. The van der Waals surface area contributed by atoms with Gasteiger partial charge in [-0.1, -0.05) is 28.1 Å². The van der Waals surface area contributed by atoms with Crippen molar-refractivity contribution in [2.24, 2.45) is 0 Å². The SMILES string of the molecule is COc1cc(OCC(=O)N(Cc2ccc(Br)cc2)[C@H](C)C(=O)NC(C)C)ccc1[N+](=O)[O-]. The van der Waals surface area contributed by atoms with Gasteiger partial charge in [0.15, 0.2) is 6.61 Å². The van der Waals surface area contributed by atoms with Crippen LogP contribution in [0.25, 0.3) is 0 Å². The Bertz CT molecular complexity index is 965. The van der Waals surface area contributed by atoms with Gasteiger partial charge < -0.3 is 19.7 Å². The van der Waals surface area contributed by atoms with Gasteiger partial charge in [0.05, 0.1) is 12.0 Å². The number of halogens is 1. The molecule has 0 aromatic heterocycles. The molecule has 0 aliphatic heterocycles. The van der Waals surface area contributed by atoms with E-state index in [0.717, 1.165) is 10.0 Å². The van der Waals surface area contributed by atoms with Crippen molar-refractivity contribution in [3.63, 3.8) is 0 Å². The van der Waals surface area contributed by atoms with Crippen LogP contribution in [0.3, 0.4) is 0 Å². The molecule has 10 heteroatoms. The van der Waals surface area contributed by atoms with E-state index < -0.39 is 16.9 Å². The summed E-state index contributed by atoms with van der Waals surface area (Å²) in [7, 11) is 1.31. The van der Waals surface area contributed by atoms with Crippen LogP contribution in [0.4, 0.5) is 5.69 Å². The highest BCUT2D eigenvalue weighted by atomic mass is 79.9. The zero-order valence-corrected chi connectivity index (χ0v) is 19.9. The number of carbonyl (C=O) groups is 2. The van der Waals surface area contributed by atoms with Gasteiger partial charge in [-0.25, -0.2) is 0 Å². The van der Waals surface area contributed by atoms with Crippen LogP contribution in [0.15, 0.2) is 46.9 Å². The number of nitrogens with zero attached hydrogens (tertiary/aromatic N) is 2. The van der Waals surface area contributed by atoms with Gasteiger partial charge in [-0.05, 0) is 44.5 Å². The molecule has 2 rings (SSSR count). The Balaban J connectivity index is 2.18. The molecule has 1 atom stereocenters. The van der Waals surface area contributed by atoms with Crippen molar-refractivity contribution in [2.75, 3.05) is 13.7 Å². The molecule has 172 valence electrons. The highest BCUT2D eigenvalue weighted by Crippen LogP contribution is 2.30. The minimum atomic E-state index is -0.733. The fourth-order valence-electron chi connectivity index (χ4n) is 2.90. The maximum atomic E-state index is 13.0. The summed E-state index contributed by atoms with van der Waals surface area (Å²) in [5.74, 6) is -0.417. The molecule has 32 heavy (non-hydrogen) atoms. The number of nitro benzene ring substituents is 1. The van der Waals surface area contributed by atoms with Crippen molar-refractivity contribution >= 4 is 33.4 Å².